The lowest BCUT2D eigenvalue weighted by Crippen LogP contribution is -2.16. The first-order valence-corrected chi connectivity index (χ1v) is 8.52. The minimum absolute atomic E-state index is 0.0355. The SMILES string of the molecule is Cc1nnc(NS(=O)(=O)c2cc(CO)sc2Br)nc1C. The highest BCUT2D eigenvalue weighted by Crippen LogP contribution is 2.32. The molecule has 7 nitrogen and oxygen atoms in total. The maximum atomic E-state index is 12.2. The molecule has 0 aliphatic rings. The molecule has 0 amide bonds. The molecule has 0 aliphatic heterocycles. The largest absolute Gasteiger partial charge is 0.391 e. The van der Waals surface area contributed by atoms with Crippen molar-refractivity contribution in [3.05, 3.63) is 26.1 Å². The van der Waals surface area contributed by atoms with E-state index in [0.717, 1.165) is 11.3 Å². The van der Waals surface area contributed by atoms with Crippen LogP contribution in [0.15, 0.2) is 14.7 Å². The zero-order valence-electron chi connectivity index (χ0n) is 10.6. The number of aliphatic hydroxyl groups excluding tert-OH is 1. The second kappa shape index (κ2) is 5.72. The maximum Gasteiger partial charge on any atom is 0.266 e. The molecule has 0 aromatic carbocycles. The third-order valence-corrected chi connectivity index (χ3v) is 6.03. The van der Waals surface area contributed by atoms with E-state index >= 15 is 0 Å². The van der Waals surface area contributed by atoms with Gasteiger partial charge in [0.2, 0.25) is 0 Å². The molecule has 2 N–H and O–H groups in total. The Morgan fingerprint density at radius 1 is 1.35 bits per heavy atom. The van der Waals surface area contributed by atoms with Crippen molar-refractivity contribution in [1.82, 2.24) is 15.2 Å². The van der Waals surface area contributed by atoms with Crippen LogP contribution < -0.4 is 4.72 Å². The summed E-state index contributed by atoms with van der Waals surface area (Å²) in [6, 6.07) is 1.39. The lowest BCUT2D eigenvalue weighted by molar-refractivity contribution is 0.285. The minimum atomic E-state index is -3.83. The fourth-order valence-corrected chi connectivity index (χ4v) is 4.82. The Morgan fingerprint density at radius 3 is 2.60 bits per heavy atom. The number of aromatic nitrogens is 3. The molecule has 0 saturated heterocycles. The molecule has 0 radical (unpaired) electrons. The number of nitrogens with one attached hydrogen (secondary N) is 1. The Hall–Kier alpha value is -1.10. The van der Waals surface area contributed by atoms with Gasteiger partial charge in [-0.05, 0) is 35.8 Å². The van der Waals surface area contributed by atoms with Crippen LogP contribution in [0.5, 0.6) is 0 Å². The predicted molar refractivity (Wildman–Crippen MR) is 78.1 cm³/mol. The van der Waals surface area contributed by atoms with Crippen molar-refractivity contribution >= 4 is 43.2 Å². The summed E-state index contributed by atoms with van der Waals surface area (Å²) in [7, 11) is -3.83. The fourth-order valence-electron chi connectivity index (χ4n) is 1.33. The number of aryl methyl sites for hydroxylation is 2. The van der Waals surface area contributed by atoms with Crippen LogP contribution in [0.4, 0.5) is 5.95 Å². The second-order valence-electron chi connectivity index (χ2n) is 3.92. The number of nitrogens with zero attached hydrogens (tertiary/aromatic N) is 3. The first-order chi connectivity index (χ1) is 9.33. The van der Waals surface area contributed by atoms with Gasteiger partial charge < -0.3 is 5.11 Å². The molecule has 2 heterocycles. The number of aliphatic hydroxyl groups is 1. The molecule has 0 spiro atoms. The molecule has 0 unspecified atom stereocenters. The van der Waals surface area contributed by atoms with Crippen molar-refractivity contribution in [2.24, 2.45) is 0 Å². The Balaban J connectivity index is 2.35. The Bertz CT molecular complexity index is 745. The molecule has 0 fully saturated rings. The molecular formula is C10H11BrN4O3S2. The molecule has 10 heteroatoms. The summed E-state index contributed by atoms with van der Waals surface area (Å²) in [6.07, 6.45) is 0. The molecule has 108 valence electrons. The smallest absolute Gasteiger partial charge is 0.266 e. The summed E-state index contributed by atoms with van der Waals surface area (Å²) in [5.41, 5.74) is 1.23. The van der Waals surface area contributed by atoms with Gasteiger partial charge in [-0.1, -0.05) is 0 Å². The van der Waals surface area contributed by atoms with E-state index in [1.165, 1.54) is 6.07 Å². The summed E-state index contributed by atoms with van der Waals surface area (Å²) in [5, 5.41) is 16.5. The van der Waals surface area contributed by atoms with Crippen molar-refractivity contribution in [2.75, 3.05) is 4.72 Å². The highest BCUT2D eigenvalue weighted by molar-refractivity contribution is 9.11. The van der Waals surface area contributed by atoms with Crippen LogP contribution in [-0.4, -0.2) is 28.7 Å². The number of hydrogen-bond donors (Lipinski definition) is 2. The third kappa shape index (κ3) is 3.14. The van der Waals surface area contributed by atoms with Crippen LogP contribution in [0.3, 0.4) is 0 Å². The molecular weight excluding hydrogens is 368 g/mol. The van der Waals surface area contributed by atoms with Crippen molar-refractivity contribution in [3.8, 4) is 0 Å². The Labute approximate surface area is 128 Å². The zero-order valence-corrected chi connectivity index (χ0v) is 13.8. The number of thiophene rings is 1. The lowest BCUT2D eigenvalue weighted by atomic mass is 10.4. The molecule has 2 aromatic heterocycles. The number of anilines is 1. The second-order valence-corrected chi connectivity index (χ2v) is 8.03. The average Bonchev–Trinajstić information content (AvgIpc) is 2.76. The third-order valence-electron chi connectivity index (χ3n) is 2.47. The number of hydrogen-bond acceptors (Lipinski definition) is 7. The molecule has 2 aromatic rings. The van der Waals surface area contributed by atoms with Crippen LogP contribution in [0, 0.1) is 13.8 Å². The van der Waals surface area contributed by atoms with E-state index in [-0.39, 0.29) is 17.5 Å². The van der Waals surface area contributed by atoms with Gasteiger partial charge in [0.15, 0.2) is 0 Å². The topological polar surface area (TPSA) is 105 Å². The quantitative estimate of drug-likeness (QED) is 0.836. The van der Waals surface area contributed by atoms with Crippen LogP contribution in [0.2, 0.25) is 0 Å². The van der Waals surface area contributed by atoms with Gasteiger partial charge >= 0.3 is 0 Å². The van der Waals surface area contributed by atoms with E-state index in [4.69, 9.17) is 5.11 Å². The molecule has 0 saturated carbocycles. The van der Waals surface area contributed by atoms with E-state index in [0.29, 0.717) is 20.1 Å². The van der Waals surface area contributed by atoms with Crippen LogP contribution in [0.1, 0.15) is 16.3 Å². The van der Waals surface area contributed by atoms with Gasteiger partial charge in [-0.2, -0.15) is 5.10 Å². The van der Waals surface area contributed by atoms with E-state index in [1.807, 2.05) is 0 Å². The highest BCUT2D eigenvalue weighted by atomic mass is 79.9. The summed E-state index contributed by atoms with van der Waals surface area (Å²) in [5.74, 6) is -0.0863. The van der Waals surface area contributed by atoms with Gasteiger partial charge in [-0.3, -0.25) is 0 Å². The highest BCUT2D eigenvalue weighted by Gasteiger charge is 2.22. The molecule has 0 atom stereocenters. The van der Waals surface area contributed by atoms with E-state index in [2.05, 4.69) is 35.8 Å². The van der Waals surface area contributed by atoms with Crippen molar-refractivity contribution < 1.29 is 13.5 Å². The standard InChI is InChI=1S/C10H11BrN4O3S2/c1-5-6(2)13-14-10(12-5)15-20(17,18)8-3-7(4-16)19-9(8)11/h3,16H,4H2,1-2H3,(H,12,14,15). The van der Waals surface area contributed by atoms with Crippen molar-refractivity contribution in [1.29, 1.82) is 0 Å². The Morgan fingerprint density at radius 2 is 2.05 bits per heavy atom. The zero-order chi connectivity index (χ0) is 14.9. The normalized spacial score (nSPS) is 11.6. The van der Waals surface area contributed by atoms with Gasteiger partial charge in [-0.15, -0.1) is 16.4 Å². The number of rotatable bonds is 4. The van der Waals surface area contributed by atoms with Gasteiger partial charge in [-0.25, -0.2) is 18.1 Å². The lowest BCUT2D eigenvalue weighted by Gasteiger charge is -2.06. The predicted octanol–water partition coefficient (Wildman–Crippen LogP) is 1.61. The van der Waals surface area contributed by atoms with Crippen LogP contribution in [0.25, 0.3) is 0 Å². The average molecular weight is 379 g/mol. The number of halogens is 1. The molecule has 0 aliphatic carbocycles. The van der Waals surface area contributed by atoms with Crippen molar-refractivity contribution in [2.45, 2.75) is 25.3 Å². The van der Waals surface area contributed by atoms with Gasteiger partial charge in [0, 0.05) is 4.88 Å². The number of sulfonamides is 1. The molecule has 0 bridgehead atoms. The molecule has 20 heavy (non-hydrogen) atoms. The Kier molecular flexibility index (Phi) is 4.37. The molecule has 2 rings (SSSR count). The first kappa shape index (κ1) is 15.3. The monoisotopic (exact) mass is 378 g/mol. The minimum Gasteiger partial charge on any atom is -0.391 e. The summed E-state index contributed by atoms with van der Waals surface area (Å²) in [4.78, 5) is 4.59. The summed E-state index contributed by atoms with van der Waals surface area (Å²) in [6.45, 7) is 3.23. The van der Waals surface area contributed by atoms with Crippen LogP contribution in [-0.2, 0) is 16.6 Å². The maximum absolute atomic E-state index is 12.2. The summed E-state index contributed by atoms with van der Waals surface area (Å²) >= 11 is 4.31. The summed E-state index contributed by atoms with van der Waals surface area (Å²) < 4.78 is 27.1. The van der Waals surface area contributed by atoms with Gasteiger partial charge in [0.05, 0.1) is 21.8 Å². The van der Waals surface area contributed by atoms with E-state index in [1.54, 1.807) is 13.8 Å². The van der Waals surface area contributed by atoms with Crippen molar-refractivity contribution in [3.63, 3.8) is 0 Å². The first-order valence-electron chi connectivity index (χ1n) is 5.43. The van der Waals surface area contributed by atoms with Crippen LogP contribution >= 0.6 is 27.3 Å². The van der Waals surface area contributed by atoms with E-state index < -0.39 is 10.0 Å². The van der Waals surface area contributed by atoms with Gasteiger partial charge in [0.25, 0.3) is 16.0 Å². The van der Waals surface area contributed by atoms with E-state index in [9.17, 15) is 8.42 Å². The fraction of sp³-hybridized carbons (Fsp3) is 0.300. The van der Waals surface area contributed by atoms with Gasteiger partial charge in [0.1, 0.15) is 4.90 Å².